The van der Waals surface area contributed by atoms with Crippen molar-refractivity contribution in [3.8, 4) is 0 Å². The largest absolute Gasteiger partial charge is 0.359 e. The Labute approximate surface area is 188 Å². The van der Waals surface area contributed by atoms with E-state index in [-0.39, 0.29) is 36.4 Å². The first-order chi connectivity index (χ1) is 13.0. The van der Waals surface area contributed by atoms with Gasteiger partial charge in [0.25, 0.3) is 0 Å². The molecule has 0 atom stereocenters. The van der Waals surface area contributed by atoms with Crippen LogP contribution in [0.25, 0.3) is 0 Å². The summed E-state index contributed by atoms with van der Waals surface area (Å²) < 4.78 is 27.1. The van der Waals surface area contributed by atoms with Gasteiger partial charge in [-0.2, -0.15) is 0 Å². The average Bonchev–Trinajstić information content (AvgIpc) is 3.20. The standard InChI is InChI=1S/C17H29N5O3S2.HI/c1-3-19-17(22-10-6-14(7-11-22)13-15(23)18-2)20-8-9-21-27(24,25)16-5-4-12-26-16;/h4-5,12,14,21H,3,6-11,13H2,1-2H3,(H,18,23)(H,19,20);1H. The van der Waals surface area contributed by atoms with E-state index in [0.29, 0.717) is 23.1 Å². The lowest BCUT2D eigenvalue weighted by atomic mass is 9.93. The van der Waals surface area contributed by atoms with Gasteiger partial charge in [0.1, 0.15) is 4.21 Å². The average molecular weight is 543 g/mol. The Morgan fingerprint density at radius 3 is 2.64 bits per heavy atom. The van der Waals surface area contributed by atoms with Crippen LogP contribution in [0.3, 0.4) is 0 Å². The number of aliphatic imine (C=N–C) groups is 1. The van der Waals surface area contributed by atoms with Crippen molar-refractivity contribution in [1.29, 1.82) is 0 Å². The van der Waals surface area contributed by atoms with Gasteiger partial charge in [-0.15, -0.1) is 35.3 Å². The summed E-state index contributed by atoms with van der Waals surface area (Å²) in [5.41, 5.74) is 0. The van der Waals surface area contributed by atoms with Crippen LogP contribution in [0.15, 0.2) is 26.7 Å². The fourth-order valence-electron chi connectivity index (χ4n) is 2.97. The van der Waals surface area contributed by atoms with Gasteiger partial charge in [-0.1, -0.05) is 6.07 Å². The highest BCUT2D eigenvalue weighted by Gasteiger charge is 2.23. The Bertz CT molecular complexity index is 717. The summed E-state index contributed by atoms with van der Waals surface area (Å²) in [6.45, 7) is 5.06. The van der Waals surface area contributed by atoms with Crippen LogP contribution in [-0.2, 0) is 14.8 Å². The number of halogens is 1. The van der Waals surface area contributed by atoms with Crippen LogP contribution in [-0.4, -0.2) is 65.0 Å². The molecule has 2 rings (SSSR count). The number of thiophene rings is 1. The van der Waals surface area contributed by atoms with Crippen molar-refractivity contribution in [1.82, 2.24) is 20.3 Å². The molecule has 1 aromatic rings. The summed E-state index contributed by atoms with van der Waals surface area (Å²) in [6.07, 6.45) is 2.47. The summed E-state index contributed by atoms with van der Waals surface area (Å²) in [5, 5.41) is 7.68. The monoisotopic (exact) mass is 543 g/mol. The zero-order valence-electron chi connectivity index (χ0n) is 16.3. The minimum absolute atomic E-state index is 0. The number of hydrogen-bond acceptors (Lipinski definition) is 5. The van der Waals surface area contributed by atoms with E-state index in [0.717, 1.165) is 38.4 Å². The normalized spacial score (nSPS) is 15.8. The molecule has 1 aliphatic heterocycles. The zero-order chi connectivity index (χ0) is 19.7. The first kappa shape index (κ1) is 25.1. The van der Waals surface area contributed by atoms with E-state index in [1.165, 1.54) is 11.3 Å². The van der Waals surface area contributed by atoms with Crippen LogP contribution >= 0.6 is 35.3 Å². The molecule has 0 spiro atoms. The molecule has 11 heteroatoms. The molecule has 160 valence electrons. The number of hydrogen-bond donors (Lipinski definition) is 3. The number of guanidine groups is 1. The molecule has 1 aromatic heterocycles. The van der Waals surface area contributed by atoms with Crippen LogP contribution < -0.4 is 15.4 Å². The molecule has 0 aliphatic carbocycles. The molecule has 3 N–H and O–H groups in total. The summed E-state index contributed by atoms with van der Waals surface area (Å²) in [7, 11) is -1.78. The van der Waals surface area contributed by atoms with E-state index < -0.39 is 10.0 Å². The van der Waals surface area contributed by atoms with Crippen molar-refractivity contribution in [2.24, 2.45) is 10.9 Å². The Hall–Kier alpha value is -0.920. The molecule has 0 unspecified atom stereocenters. The third kappa shape index (κ3) is 7.84. The quantitative estimate of drug-likeness (QED) is 0.200. The van der Waals surface area contributed by atoms with E-state index in [2.05, 4.69) is 25.2 Å². The Balaban J connectivity index is 0.00000392. The fourth-order valence-corrected chi connectivity index (χ4v) is 5.03. The molecule has 0 radical (unpaired) electrons. The van der Waals surface area contributed by atoms with Gasteiger partial charge < -0.3 is 15.5 Å². The van der Waals surface area contributed by atoms with Gasteiger partial charge in [-0.05, 0) is 37.1 Å². The van der Waals surface area contributed by atoms with Crippen LogP contribution in [0, 0.1) is 5.92 Å². The maximum atomic E-state index is 12.1. The van der Waals surface area contributed by atoms with Crippen molar-refractivity contribution in [2.75, 3.05) is 39.8 Å². The van der Waals surface area contributed by atoms with Gasteiger partial charge in [0.05, 0.1) is 6.54 Å². The third-order valence-corrected chi connectivity index (χ3v) is 7.29. The number of likely N-dealkylation sites (tertiary alicyclic amines) is 1. The van der Waals surface area contributed by atoms with Gasteiger partial charge in [0.15, 0.2) is 5.96 Å². The van der Waals surface area contributed by atoms with E-state index in [4.69, 9.17) is 0 Å². The highest BCUT2D eigenvalue weighted by Crippen LogP contribution is 2.20. The van der Waals surface area contributed by atoms with Crippen molar-refractivity contribution in [2.45, 2.75) is 30.4 Å². The molecule has 0 saturated carbocycles. The number of amides is 1. The summed E-state index contributed by atoms with van der Waals surface area (Å²) >= 11 is 1.20. The highest BCUT2D eigenvalue weighted by molar-refractivity contribution is 14.0. The van der Waals surface area contributed by atoms with E-state index in [1.807, 2.05) is 6.92 Å². The molecule has 8 nitrogen and oxygen atoms in total. The van der Waals surface area contributed by atoms with Crippen LogP contribution in [0.2, 0.25) is 0 Å². The van der Waals surface area contributed by atoms with Crippen molar-refractivity contribution < 1.29 is 13.2 Å². The van der Waals surface area contributed by atoms with E-state index in [1.54, 1.807) is 24.6 Å². The minimum atomic E-state index is -3.45. The molecule has 1 amide bonds. The fraction of sp³-hybridized carbons (Fsp3) is 0.647. The van der Waals surface area contributed by atoms with Crippen LogP contribution in [0.4, 0.5) is 0 Å². The number of nitrogens with one attached hydrogen (secondary N) is 3. The van der Waals surface area contributed by atoms with Crippen molar-refractivity contribution in [3.05, 3.63) is 17.5 Å². The van der Waals surface area contributed by atoms with E-state index >= 15 is 0 Å². The summed E-state index contributed by atoms with van der Waals surface area (Å²) in [4.78, 5) is 18.3. The Kier molecular flexibility index (Phi) is 11.3. The third-order valence-electron chi connectivity index (χ3n) is 4.43. The summed E-state index contributed by atoms with van der Waals surface area (Å²) in [5.74, 6) is 1.29. The predicted molar refractivity (Wildman–Crippen MR) is 124 cm³/mol. The molecular weight excluding hydrogens is 513 g/mol. The first-order valence-corrected chi connectivity index (χ1v) is 11.6. The second-order valence-corrected chi connectivity index (χ2v) is 9.31. The SMILES string of the molecule is CCNC(=NCCNS(=O)(=O)c1cccs1)N1CCC(CC(=O)NC)CC1.I. The molecule has 0 aromatic carbocycles. The lowest BCUT2D eigenvalue weighted by molar-refractivity contribution is -0.121. The first-order valence-electron chi connectivity index (χ1n) is 9.23. The number of carbonyl (C=O) groups excluding carboxylic acids is 1. The summed E-state index contributed by atoms with van der Waals surface area (Å²) in [6, 6.07) is 3.30. The van der Waals surface area contributed by atoms with Crippen molar-refractivity contribution >= 4 is 57.2 Å². The molecule has 1 saturated heterocycles. The Morgan fingerprint density at radius 2 is 2.07 bits per heavy atom. The molecule has 1 aliphatic rings. The van der Waals surface area contributed by atoms with Crippen molar-refractivity contribution in [3.63, 3.8) is 0 Å². The number of nitrogens with zero attached hydrogens (tertiary/aromatic N) is 2. The second-order valence-electron chi connectivity index (χ2n) is 6.37. The van der Waals surface area contributed by atoms with Gasteiger partial charge in [0.2, 0.25) is 15.9 Å². The molecule has 28 heavy (non-hydrogen) atoms. The number of carbonyl (C=O) groups is 1. The number of piperidine rings is 1. The number of sulfonamides is 1. The van der Waals surface area contributed by atoms with Gasteiger partial charge >= 0.3 is 0 Å². The molecular formula is C17H30IN5O3S2. The van der Waals surface area contributed by atoms with Gasteiger partial charge in [-0.25, -0.2) is 13.1 Å². The van der Waals surface area contributed by atoms with Crippen LogP contribution in [0.1, 0.15) is 26.2 Å². The topological polar surface area (TPSA) is 103 Å². The number of rotatable bonds is 8. The minimum Gasteiger partial charge on any atom is -0.359 e. The van der Waals surface area contributed by atoms with E-state index in [9.17, 15) is 13.2 Å². The lowest BCUT2D eigenvalue weighted by Gasteiger charge is -2.34. The van der Waals surface area contributed by atoms with Gasteiger partial charge in [0, 0.05) is 39.6 Å². The molecule has 0 bridgehead atoms. The molecule has 2 heterocycles. The lowest BCUT2D eigenvalue weighted by Crippen LogP contribution is -2.46. The predicted octanol–water partition coefficient (Wildman–Crippen LogP) is 1.46. The Morgan fingerprint density at radius 1 is 1.36 bits per heavy atom. The van der Waals surface area contributed by atoms with Crippen LogP contribution in [0.5, 0.6) is 0 Å². The second kappa shape index (κ2) is 12.6. The smallest absolute Gasteiger partial charge is 0.250 e. The maximum absolute atomic E-state index is 12.1. The zero-order valence-corrected chi connectivity index (χ0v) is 20.3. The highest BCUT2D eigenvalue weighted by atomic mass is 127. The van der Waals surface area contributed by atoms with Gasteiger partial charge in [-0.3, -0.25) is 9.79 Å². The maximum Gasteiger partial charge on any atom is 0.250 e. The molecule has 1 fully saturated rings.